The molecular formula is C12H17ClN2O2. The van der Waals surface area contributed by atoms with E-state index in [1.165, 1.54) is 6.07 Å². The second-order valence-electron chi connectivity index (χ2n) is 4.08. The zero-order valence-corrected chi connectivity index (χ0v) is 11.1. The first kappa shape index (κ1) is 13.8. The summed E-state index contributed by atoms with van der Waals surface area (Å²) in [4.78, 5) is 12.5. The summed E-state index contributed by atoms with van der Waals surface area (Å²) < 4.78 is 0. The van der Waals surface area contributed by atoms with Gasteiger partial charge in [-0.05, 0) is 32.4 Å². The van der Waals surface area contributed by atoms with Gasteiger partial charge in [0.05, 0.1) is 4.92 Å². The van der Waals surface area contributed by atoms with Crippen LogP contribution in [0.15, 0.2) is 18.2 Å². The third-order valence-corrected chi connectivity index (χ3v) is 2.98. The topological polar surface area (TPSA) is 46.4 Å². The van der Waals surface area contributed by atoms with Crippen LogP contribution in [0.1, 0.15) is 26.3 Å². The number of rotatable bonds is 5. The highest BCUT2D eigenvalue weighted by molar-refractivity contribution is 6.17. The second kappa shape index (κ2) is 5.87. The van der Waals surface area contributed by atoms with E-state index in [1.807, 2.05) is 0 Å². The lowest BCUT2D eigenvalue weighted by atomic mass is 10.1. The number of anilines is 1. The summed E-state index contributed by atoms with van der Waals surface area (Å²) in [5.74, 6) is 0.278. The van der Waals surface area contributed by atoms with Crippen molar-refractivity contribution in [2.45, 2.75) is 32.7 Å². The number of nitrogens with zero attached hydrogens (tertiary/aromatic N) is 2. The van der Waals surface area contributed by atoms with Crippen molar-refractivity contribution in [1.82, 2.24) is 0 Å². The van der Waals surface area contributed by atoms with Gasteiger partial charge < -0.3 is 4.90 Å². The van der Waals surface area contributed by atoms with E-state index in [0.717, 1.165) is 17.8 Å². The Morgan fingerprint density at radius 2 is 2.12 bits per heavy atom. The molecule has 0 amide bonds. The van der Waals surface area contributed by atoms with E-state index in [4.69, 9.17) is 11.6 Å². The standard InChI is InChI=1S/C12H17ClN2O2/c1-4-14(9(2)3)12-6-5-11(15(16)17)7-10(12)8-13/h5-7,9H,4,8H2,1-3H3. The van der Waals surface area contributed by atoms with Crippen LogP contribution < -0.4 is 4.90 Å². The predicted octanol–water partition coefficient (Wildman–Crippen LogP) is 3.57. The summed E-state index contributed by atoms with van der Waals surface area (Å²) in [7, 11) is 0. The smallest absolute Gasteiger partial charge is 0.269 e. The highest BCUT2D eigenvalue weighted by atomic mass is 35.5. The molecule has 1 rings (SSSR count). The SMILES string of the molecule is CCN(c1ccc([N+](=O)[O-])cc1CCl)C(C)C. The molecular weight excluding hydrogens is 240 g/mol. The molecule has 5 heteroatoms. The van der Waals surface area contributed by atoms with Gasteiger partial charge in [-0.1, -0.05) is 0 Å². The Hall–Kier alpha value is -1.29. The number of halogens is 1. The van der Waals surface area contributed by atoms with Crippen LogP contribution in [0.5, 0.6) is 0 Å². The molecule has 0 heterocycles. The second-order valence-corrected chi connectivity index (χ2v) is 4.35. The van der Waals surface area contributed by atoms with E-state index in [9.17, 15) is 10.1 Å². The molecule has 0 aliphatic carbocycles. The molecule has 1 aromatic rings. The largest absolute Gasteiger partial charge is 0.369 e. The van der Waals surface area contributed by atoms with Crippen molar-refractivity contribution in [1.29, 1.82) is 0 Å². The van der Waals surface area contributed by atoms with Gasteiger partial charge in [0.25, 0.3) is 5.69 Å². The molecule has 17 heavy (non-hydrogen) atoms. The molecule has 0 saturated heterocycles. The van der Waals surface area contributed by atoms with Gasteiger partial charge in [0, 0.05) is 36.3 Å². The van der Waals surface area contributed by atoms with Crippen molar-refractivity contribution in [3.8, 4) is 0 Å². The van der Waals surface area contributed by atoms with Gasteiger partial charge in [-0.15, -0.1) is 11.6 Å². The Bertz CT molecular complexity index is 407. The minimum absolute atomic E-state index is 0.0872. The fourth-order valence-electron chi connectivity index (χ4n) is 1.89. The number of non-ortho nitro benzene ring substituents is 1. The van der Waals surface area contributed by atoms with Crippen molar-refractivity contribution < 1.29 is 4.92 Å². The Morgan fingerprint density at radius 1 is 1.47 bits per heavy atom. The zero-order valence-electron chi connectivity index (χ0n) is 10.3. The summed E-state index contributed by atoms with van der Waals surface area (Å²) in [6.45, 7) is 7.07. The average molecular weight is 257 g/mol. The number of hydrogen-bond acceptors (Lipinski definition) is 3. The molecule has 94 valence electrons. The first-order chi connectivity index (χ1) is 8.01. The van der Waals surface area contributed by atoms with Gasteiger partial charge in [-0.25, -0.2) is 0 Å². The van der Waals surface area contributed by atoms with Gasteiger partial charge in [-0.3, -0.25) is 10.1 Å². The summed E-state index contributed by atoms with van der Waals surface area (Å²) in [5, 5.41) is 10.7. The lowest BCUT2D eigenvalue weighted by Crippen LogP contribution is -2.31. The quantitative estimate of drug-likeness (QED) is 0.460. The molecule has 1 aromatic carbocycles. The van der Waals surface area contributed by atoms with Gasteiger partial charge in [0.1, 0.15) is 0 Å². The van der Waals surface area contributed by atoms with E-state index in [-0.39, 0.29) is 11.6 Å². The average Bonchev–Trinajstić information content (AvgIpc) is 2.29. The van der Waals surface area contributed by atoms with Crippen LogP contribution in [-0.2, 0) is 5.88 Å². The van der Waals surface area contributed by atoms with Crippen LogP contribution in [0.4, 0.5) is 11.4 Å². The predicted molar refractivity (Wildman–Crippen MR) is 70.8 cm³/mol. The fourth-order valence-corrected chi connectivity index (χ4v) is 2.10. The molecule has 0 atom stereocenters. The van der Waals surface area contributed by atoms with E-state index < -0.39 is 4.92 Å². The summed E-state index contributed by atoms with van der Waals surface area (Å²) >= 11 is 5.87. The van der Waals surface area contributed by atoms with Crippen LogP contribution in [0.3, 0.4) is 0 Å². The lowest BCUT2D eigenvalue weighted by Gasteiger charge is -2.29. The number of nitro groups is 1. The normalized spacial score (nSPS) is 10.6. The summed E-state index contributed by atoms with van der Waals surface area (Å²) in [5.41, 5.74) is 1.86. The number of benzene rings is 1. The number of hydrogen-bond donors (Lipinski definition) is 0. The maximum atomic E-state index is 10.7. The molecule has 0 radical (unpaired) electrons. The lowest BCUT2D eigenvalue weighted by molar-refractivity contribution is -0.384. The van der Waals surface area contributed by atoms with Crippen molar-refractivity contribution in [3.05, 3.63) is 33.9 Å². The molecule has 4 nitrogen and oxygen atoms in total. The van der Waals surface area contributed by atoms with Gasteiger partial charge in [0.15, 0.2) is 0 Å². The third-order valence-electron chi connectivity index (χ3n) is 2.69. The molecule has 0 spiro atoms. The van der Waals surface area contributed by atoms with E-state index >= 15 is 0 Å². The molecule has 0 aliphatic heterocycles. The Morgan fingerprint density at radius 3 is 2.53 bits per heavy atom. The van der Waals surface area contributed by atoms with E-state index in [1.54, 1.807) is 12.1 Å². The molecule has 0 aromatic heterocycles. The fraction of sp³-hybridized carbons (Fsp3) is 0.500. The van der Waals surface area contributed by atoms with Crippen molar-refractivity contribution in [2.24, 2.45) is 0 Å². The molecule has 0 N–H and O–H groups in total. The van der Waals surface area contributed by atoms with Crippen molar-refractivity contribution in [2.75, 3.05) is 11.4 Å². The zero-order chi connectivity index (χ0) is 13.0. The first-order valence-electron chi connectivity index (χ1n) is 5.61. The van der Waals surface area contributed by atoms with Gasteiger partial charge >= 0.3 is 0 Å². The highest BCUT2D eigenvalue weighted by Crippen LogP contribution is 2.28. The number of alkyl halides is 1. The molecule has 0 saturated carbocycles. The monoisotopic (exact) mass is 256 g/mol. The van der Waals surface area contributed by atoms with Crippen LogP contribution in [0, 0.1) is 10.1 Å². The molecule has 0 bridgehead atoms. The molecule has 0 aliphatic rings. The highest BCUT2D eigenvalue weighted by Gasteiger charge is 2.15. The summed E-state index contributed by atoms with van der Waals surface area (Å²) in [6, 6.07) is 5.19. The Labute approximate surface area is 106 Å². The van der Waals surface area contributed by atoms with Gasteiger partial charge in [0.2, 0.25) is 0 Å². The van der Waals surface area contributed by atoms with Crippen molar-refractivity contribution in [3.63, 3.8) is 0 Å². The third kappa shape index (κ3) is 3.09. The van der Waals surface area contributed by atoms with Crippen molar-refractivity contribution >= 4 is 23.0 Å². The maximum absolute atomic E-state index is 10.7. The van der Waals surface area contributed by atoms with E-state index in [2.05, 4.69) is 25.7 Å². The first-order valence-corrected chi connectivity index (χ1v) is 6.14. The van der Waals surface area contributed by atoms with Crippen LogP contribution in [0.25, 0.3) is 0 Å². The Balaban J connectivity index is 3.20. The van der Waals surface area contributed by atoms with Crippen LogP contribution >= 0.6 is 11.6 Å². The minimum atomic E-state index is -0.397. The van der Waals surface area contributed by atoms with Gasteiger partial charge in [-0.2, -0.15) is 0 Å². The Kier molecular flexibility index (Phi) is 4.75. The number of nitro benzene ring substituents is 1. The van der Waals surface area contributed by atoms with Crippen LogP contribution in [-0.4, -0.2) is 17.5 Å². The molecule has 0 fully saturated rings. The molecule has 0 unspecified atom stereocenters. The maximum Gasteiger partial charge on any atom is 0.269 e. The minimum Gasteiger partial charge on any atom is -0.369 e. The van der Waals surface area contributed by atoms with Crippen LogP contribution in [0.2, 0.25) is 0 Å². The van der Waals surface area contributed by atoms with E-state index in [0.29, 0.717) is 6.04 Å². The summed E-state index contributed by atoms with van der Waals surface area (Å²) in [6.07, 6.45) is 0.